The van der Waals surface area contributed by atoms with Gasteiger partial charge in [0.2, 0.25) is 0 Å². The van der Waals surface area contributed by atoms with E-state index in [1.54, 1.807) is 0 Å². The number of rotatable bonds is 10. The molecule has 0 unspecified atom stereocenters. The molecule has 0 aliphatic heterocycles. The van der Waals surface area contributed by atoms with Crippen LogP contribution in [0.15, 0.2) is 192 Å². The van der Waals surface area contributed by atoms with Gasteiger partial charge >= 0.3 is 0 Å². The van der Waals surface area contributed by atoms with E-state index in [2.05, 4.69) is 224 Å². The van der Waals surface area contributed by atoms with Crippen molar-refractivity contribution in [1.29, 1.82) is 0 Å². The Morgan fingerprint density at radius 2 is 0.615 bits per heavy atom. The van der Waals surface area contributed by atoms with E-state index in [4.69, 9.17) is 9.98 Å². The second-order valence-corrected chi connectivity index (χ2v) is 15.4. The summed E-state index contributed by atoms with van der Waals surface area (Å²) in [5.41, 5.74) is 9.81. The summed E-state index contributed by atoms with van der Waals surface area (Å²) in [5.74, 6) is 0. The summed E-state index contributed by atoms with van der Waals surface area (Å²) in [6.07, 6.45) is 1.80. The molecule has 6 aromatic rings. The number of hydrogen-bond donors (Lipinski definition) is 0. The minimum atomic E-state index is -0.0227. The molecule has 0 radical (unpaired) electrons. The lowest BCUT2D eigenvalue weighted by atomic mass is 9.85. The van der Waals surface area contributed by atoms with Crippen molar-refractivity contribution in [1.82, 2.24) is 0 Å². The largest absolute Gasteiger partial charge is 0.280 e. The van der Waals surface area contributed by atoms with E-state index in [0.717, 1.165) is 24.3 Å². The van der Waals surface area contributed by atoms with E-state index < -0.39 is 0 Å². The molecule has 2 atom stereocenters. The van der Waals surface area contributed by atoms with Gasteiger partial charge < -0.3 is 0 Å². The maximum atomic E-state index is 5.30. The van der Waals surface area contributed by atoms with E-state index >= 15 is 0 Å². The van der Waals surface area contributed by atoms with Gasteiger partial charge in [-0.05, 0) is 46.2 Å². The van der Waals surface area contributed by atoms with Crippen LogP contribution in [0.3, 0.4) is 0 Å². The fourth-order valence-corrected chi connectivity index (χ4v) is 6.41. The van der Waals surface area contributed by atoms with Gasteiger partial charge in [-0.25, -0.2) is 0 Å². The van der Waals surface area contributed by atoms with E-state index in [0.29, 0.717) is 0 Å². The highest BCUT2D eigenvalue weighted by atomic mass is 14.8. The van der Waals surface area contributed by atoms with E-state index in [9.17, 15) is 0 Å². The van der Waals surface area contributed by atoms with Gasteiger partial charge in [0.15, 0.2) is 0 Å². The maximum Gasteiger partial charge on any atom is 0.0793 e. The Bertz CT molecular complexity index is 1800. The van der Waals surface area contributed by atoms with Crippen molar-refractivity contribution in [2.75, 3.05) is 0 Å². The Morgan fingerprint density at radius 3 is 0.885 bits per heavy atom. The van der Waals surface area contributed by atoms with Crippen LogP contribution in [0.2, 0.25) is 0 Å². The lowest BCUT2D eigenvalue weighted by Crippen LogP contribution is -2.23. The molecule has 0 amide bonds. The average molecular weight is 683 g/mol. The van der Waals surface area contributed by atoms with Crippen LogP contribution >= 0.6 is 0 Å². The molecular weight excluding hydrogens is 629 g/mol. The van der Waals surface area contributed by atoms with Crippen LogP contribution in [0.4, 0.5) is 0 Å². The van der Waals surface area contributed by atoms with E-state index in [1.165, 1.54) is 33.4 Å². The summed E-state index contributed by atoms with van der Waals surface area (Å²) in [4.78, 5) is 10.6. The van der Waals surface area contributed by atoms with Gasteiger partial charge in [-0.1, -0.05) is 224 Å². The first kappa shape index (κ1) is 37.9. The maximum absolute atomic E-state index is 5.30. The van der Waals surface area contributed by atoms with Gasteiger partial charge in [0.1, 0.15) is 0 Å². The molecule has 52 heavy (non-hydrogen) atoms. The molecule has 6 aromatic carbocycles. The van der Waals surface area contributed by atoms with Gasteiger partial charge in [-0.3, -0.25) is 9.98 Å². The molecular formula is C50H54N2. The predicted molar refractivity (Wildman–Crippen MR) is 224 cm³/mol. The first-order valence-corrected chi connectivity index (χ1v) is 18.5. The lowest BCUT2D eigenvalue weighted by molar-refractivity contribution is 0.578. The molecule has 0 spiro atoms. The van der Waals surface area contributed by atoms with Crippen LogP contribution in [0.5, 0.6) is 0 Å². The normalized spacial score (nSPS) is 13.4. The number of nitrogens with zero attached hydrogens (tertiary/aromatic N) is 2. The minimum Gasteiger partial charge on any atom is -0.280 e. The van der Waals surface area contributed by atoms with Crippen molar-refractivity contribution < 1.29 is 0 Å². The zero-order chi connectivity index (χ0) is 36.8. The Hall–Kier alpha value is -5.34. The molecule has 264 valence electrons. The summed E-state index contributed by atoms with van der Waals surface area (Å²) in [6, 6.07) is 63.9. The van der Waals surface area contributed by atoms with Crippen LogP contribution in [0, 0.1) is 10.8 Å². The highest BCUT2D eigenvalue weighted by Crippen LogP contribution is 2.31. The summed E-state index contributed by atoms with van der Waals surface area (Å²) in [6.45, 7) is 13.4. The molecule has 0 aromatic heterocycles. The number of aliphatic imine (C=N–C) groups is 2. The topological polar surface area (TPSA) is 24.7 Å². The van der Waals surface area contributed by atoms with Crippen LogP contribution in [-0.2, 0) is 12.8 Å². The molecule has 0 saturated carbocycles. The minimum absolute atomic E-state index is 0.0227. The SMILES string of the molecule is CC(C)(C)C(=N[C@@H](Cc1ccccc1)c1ccccc1)c1ccccc1.CC(C)(C)C(=N[C@H](Cc1ccccc1)c1ccccc1)c1ccccc1. The number of hydrogen-bond acceptors (Lipinski definition) is 2. The zero-order valence-corrected chi connectivity index (χ0v) is 31.8. The third-order valence-electron chi connectivity index (χ3n) is 9.00. The Kier molecular flexibility index (Phi) is 13.3. The highest BCUT2D eigenvalue weighted by Gasteiger charge is 2.24. The molecule has 2 heteroatoms. The van der Waals surface area contributed by atoms with Crippen molar-refractivity contribution >= 4 is 11.4 Å². The molecule has 6 rings (SSSR count). The van der Waals surface area contributed by atoms with Crippen molar-refractivity contribution in [3.05, 3.63) is 215 Å². The summed E-state index contributed by atoms with van der Waals surface area (Å²) < 4.78 is 0. The highest BCUT2D eigenvalue weighted by molar-refractivity contribution is 6.04. The fourth-order valence-electron chi connectivity index (χ4n) is 6.41. The number of benzene rings is 6. The van der Waals surface area contributed by atoms with Crippen molar-refractivity contribution in [3.63, 3.8) is 0 Å². The van der Waals surface area contributed by atoms with E-state index in [1.807, 2.05) is 0 Å². The molecule has 0 aliphatic carbocycles. The third-order valence-corrected chi connectivity index (χ3v) is 9.00. The summed E-state index contributed by atoms with van der Waals surface area (Å²) in [7, 11) is 0. The smallest absolute Gasteiger partial charge is 0.0793 e. The van der Waals surface area contributed by atoms with Crippen molar-refractivity contribution in [2.24, 2.45) is 20.8 Å². The summed E-state index contributed by atoms with van der Waals surface area (Å²) >= 11 is 0. The lowest BCUT2D eigenvalue weighted by Gasteiger charge is -2.25. The van der Waals surface area contributed by atoms with Gasteiger partial charge in [-0.2, -0.15) is 0 Å². The van der Waals surface area contributed by atoms with Crippen molar-refractivity contribution in [2.45, 2.75) is 66.5 Å². The van der Waals surface area contributed by atoms with Crippen LogP contribution in [0.25, 0.3) is 0 Å². The second-order valence-electron chi connectivity index (χ2n) is 15.4. The van der Waals surface area contributed by atoms with Crippen LogP contribution < -0.4 is 0 Å². The average Bonchev–Trinajstić information content (AvgIpc) is 3.16. The Morgan fingerprint density at radius 1 is 0.365 bits per heavy atom. The Labute approximate surface area is 313 Å². The molecule has 0 N–H and O–H groups in total. The van der Waals surface area contributed by atoms with E-state index in [-0.39, 0.29) is 22.9 Å². The standard InChI is InChI=1S/2C25H27N/c2*1-25(2,3)24(22-17-11-6-12-18-22)26-23(21-15-9-5-10-16-21)19-20-13-7-4-8-14-20/h2*4-18,23H,19H2,1-3H3/t2*23-/m10/s1. The molecule has 0 aliphatic rings. The Balaban J connectivity index is 0.000000201. The van der Waals surface area contributed by atoms with Gasteiger partial charge in [0.05, 0.1) is 12.1 Å². The van der Waals surface area contributed by atoms with Gasteiger partial charge in [-0.15, -0.1) is 0 Å². The van der Waals surface area contributed by atoms with Crippen LogP contribution in [-0.4, -0.2) is 11.4 Å². The fraction of sp³-hybridized carbons (Fsp3) is 0.240. The van der Waals surface area contributed by atoms with Crippen LogP contribution in [0.1, 0.15) is 87.0 Å². The molecule has 0 heterocycles. The monoisotopic (exact) mass is 682 g/mol. The van der Waals surface area contributed by atoms with Gasteiger partial charge in [0, 0.05) is 22.3 Å². The second kappa shape index (κ2) is 18.2. The molecule has 2 nitrogen and oxygen atoms in total. The first-order valence-electron chi connectivity index (χ1n) is 18.5. The molecule has 0 bridgehead atoms. The molecule has 0 fully saturated rings. The third kappa shape index (κ3) is 11.3. The van der Waals surface area contributed by atoms with Crippen molar-refractivity contribution in [3.8, 4) is 0 Å². The zero-order valence-electron chi connectivity index (χ0n) is 31.8. The summed E-state index contributed by atoms with van der Waals surface area (Å²) in [5, 5.41) is 0. The first-order chi connectivity index (χ1) is 25.1. The van der Waals surface area contributed by atoms with Gasteiger partial charge in [0.25, 0.3) is 0 Å². The predicted octanol–water partition coefficient (Wildman–Crippen LogP) is 13.0. The molecule has 0 saturated heterocycles. The quantitative estimate of drug-likeness (QED) is 0.129.